The molecule has 0 saturated carbocycles. The van der Waals surface area contributed by atoms with E-state index < -0.39 is 11.6 Å². The van der Waals surface area contributed by atoms with Crippen LogP contribution in [0.5, 0.6) is 17.2 Å². The van der Waals surface area contributed by atoms with Crippen molar-refractivity contribution in [1.29, 1.82) is 0 Å². The lowest BCUT2D eigenvalue weighted by Crippen LogP contribution is -2.15. The predicted molar refractivity (Wildman–Crippen MR) is 151 cm³/mol. The molecule has 1 aromatic heterocycles. The minimum Gasteiger partial charge on any atom is -0.489 e. The van der Waals surface area contributed by atoms with Crippen LogP contribution in [0.2, 0.25) is 0 Å². The number of rotatable bonds is 13. The summed E-state index contributed by atoms with van der Waals surface area (Å²) < 4.78 is 22.9. The third-order valence-electron chi connectivity index (χ3n) is 5.70. The van der Waals surface area contributed by atoms with E-state index in [2.05, 4.69) is 26.8 Å². The fraction of sp³-hybridized carbons (Fsp3) is 0.312. The number of benzene rings is 2. The van der Waals surface area contributed by atoms with Crippen LogP contribution in [0.25, 0.3) is 11.0 Å². The first-order chi connectivity index (χ1) is 18.4. The van der Waals surface area contributed by atoms with Crippen LogP contribution in [0, 0.1) is 0 Å². The standard InChI is InChI=1S/C32H36O6/c1-5-6-7-11-20-36-30-29(38-31(33)25-15-9-8-10-16-25)27-18-17-26(22-28(27)37-32(30)34)35-21-19-24(4)14-12-13-23(2)3/h6-10,13,15-19,22H,5,11-12,14,20-21H2,1-4H3/b7-6+,24-19+. The van der Waals surface area contributed by atoms with Crippen molar-refractivity contribution in [2.45, 2.75) is 53.4 Å². The zero-order valence-electron chi connectivity index (χ0n) is 22.6. The Kier molecular flexibility index (Phi) is 11.0. The van der Waals surface area contributed by atoms with Gasteiger partial charge in [-0.15, -0.1) is 0 Å². The molecule has 0 aliphatic rings. The maximum atomic E-state index is 12.9. The van der Waals surface area contributed by atoms with E-state index in [1.165, 1.54) is 11.1 Å². The third-order valence-corrected chi connectivity index (χ3v) is 5.70. The lowest BCUT2D eigenvalue weighted by Gasteiger charge is -2.13. The molecule has 2 aromatic carbocycles. The van der Waals surface area contributed by atoms with Gasteiger partial charge in [0.2, 0.25) is 5.75 Å². The molecule has 3 rings (SSSR count). The summed E-state index contributed by atoms with van der Waals surface area (Å²) in [5, 5.41) is 0.439. The van der Waals surface area contributed by atoms with Gasteiger partial charge in [0, 0.05) is 6.07 Å². The van der Waals surface area contributed by atoms with Gasteiger partial charge < -0.3 is 18.6 Å². The first kappa shape index (κ1) is 28.5. The van der Waals surface area contributed by atoms with Crippen LogP contribution in [0.3, 0.4) is 0 Å². The average Bonchev–Trinajstić information content (AvgIpc) is 2.90. The van der Waals surface area contributed by atoms with Crippen molar-refractivity contribution in [1.82, 2.24) is 0 Å². The van der Waals surface area contributed by atoms with Crippen molar-refractivity contribution in [2.24, 2.45) is 0 Å². The van der Waals surface area contributed by atoms with E-state index >= 15 is 0 Å². The maximum absolute atomic E-state index is 12.9. The van der Waals surface area contributed by atoms with Gasteiger partial charge in [-0.1, -0.05) is 54.5 Å². The van der Waals surface area contributed by atoms with E-state index in [0.717, 1.165) is 19.3 Å². The molecule has 0 fully saturated rings. The Morgan fingerprint density at radius 1 is 0.921 bits per heavy atom. The first-order valence-electron chi connectivity index (χ1n) is 13.0. The maximum Gasteiger partial charge on any atom is 0.383 e. The number of hydrogen-bond donors (Lipinski definition) is 0. The summed E-state index contributed by atoms with van der Waals surface area (Å²) in [5.74, 6) is -0.156. The molecular formula is C32H36O6. The van der Waals surface area contributed by atoms with Gasteiger partial charge in [0.15, 0.2) is 5.75 Å². The quantitative estimate of drug-likeness (QED) is 0.0998. The molecule has 6 nitrogen and oxygen atoms in total. The lowest BCUT2D eigenvalue weighted by atomic mass is 10.1. The molecular weight excluding hydrogens is 480 g/mol. The van der Waals surface area contributed by atoms with E-state index in [-0.39, 0.29) is 23.7 Å². The molecule has 0 spiro atoms. The van der Waals surface area contributed by atoms with E-state index in [1.54, 1.807) is 42.5 Å². The summed E-state index contributed by atoms with van der Waals surface area (Å²) in [6, 6.07) is 13.7. The second kappa shape index (κ2) is 14.6. The van der Waals surface area contributed by atoms with E-state index in [4.69, 9.17) is 18.6 Å². The van der Waals surface area contributed by atoms with Crippen LogP contribution in [0.4, 0.5) is 0 Å². The Morgan fingerprint density at radius 3 is 2.45 bits per heavy atom. The molecule has 0 N–H and O–H groups in total. The van der Waals surface area contributed by atoms with Gasteiger partial charge in [-0.3, -0.25) is 0 Å². The summed E-state index contributed by atoms with van der Waals surface area (Å²) in [4.78, 5) is 25.8. The Labute approximate surface area is 224 Å². The predicted octanol–water partition coefficient (Wildman–Crippen LogP) is 7.82. The van der Waals surface area contributed by atoms with Crippen molar-refractivity contribution >= 4 is 16.9 Å². The molecule has 0 aliphatic carbocycles. The summed E-state index contributed by atoms with van der Waals surface area (Å²) >= 11 is 0. The molecule has 0 bridgehead atoms. The molecule has 0 radical (unpaired) electrons. The number of allylic oxidation sites excluding steroid dienone is 4. The zero-order valence-corrected chi connectivity index (χ0v) is 22.6. The van der Waals surface area contributed by atoms with E-state index in [9.17, 15) is 9.59 Å². The Morgan fingerprint density at radius 2 is 1.71 bits per heavy atom. The molecule has 1 heterocycles. The van der Waals surface area contributed by atoms with Crippen LogP contribution in [0.15, 0.2) is 93.2 Å². The highest BCUT2D eigenvalue weighted by atomic mass is 16.6. The van der Waals surface area contributed by atoms with Crippen molar-refractivity contribution in [3.8, 4) is 17.2 Å². The first-order valence-corrected chi connectivity index (χ1v) is 13.0. The molecule has 38 heavy (non-hydrogen) atoms. The van der Waals surface area contributed by atoms with Gasteiger partial charge in [-0.2, -0.15) is 0 Å². The molecule has 0 aliphatic heterocycles. The van der Waals surface area contributed by atoms with Gasteiger partial charge in [-0.25, -0.2) is 9.59 Å². The Balaban J connectivity index is 1.85. The SMILES string of the molecule is CC/C=C/CCOc1c(OC(=O)c2ccccc2)c2ccc(OC/C=C(\C)CCC=C(C)C)cc2oc1=O. The third kappa shape index (κ3) is 8.51. The van der Waals surface area contributed by atoms with Crippen LogP contribution < -0.4 is 19.8 Å². The second-order valence-electron chi connectivity index (χ2n) is 9.16. The van der Waals surface area contributed by atoms with Crippen LogP contribution in [-0.4, -0.2) is 19.2 Å². The van der Waals surface area contributed by atoms with Crippen molar-refractivity contribution in [3.63, 3.8) is 0 Å². The number of ether oxygens (including phenoxy) is 3. The van der Waals surface area contributed by atoms with E-state index in [0.29, 0.717) is 29.7 Å². The summed E-state index contributed by atoms with van der Waals surface area (Å²) in [6.45, 7) is 8.93. The number of fused-ring (bicyclic) bond motifs is 1. The molecule has 0 saturated heterocycles. The number of hydrogen-bond acceptors (Lipinski definition) is 6. The Bertz CT molecular complexity index is 1360. The Hall–Kier alpha value is -4.06. The van der Waals surface area contributed by atoms with Crippen molar-refractivity contribution in [2.75, 3.05) is 13.2 Å². The average molecular weight is 517 g/mol. The van der Waals surface area contributed by atoms with Crippen molar-refractivity contribution < 1.29 is 23.4 Å². The van der Waals surface area contributed by atoms with E-state index in [1.807, 2.05) is 31.2 Å². The highest BCUT2D eigenvalue weighted by Gasteiger charge is 2.22. The molecule has 0 atom stereocenters. The van der Waals surface area contributed by atoms with Crippen LogP contribution in [-0.2, 0) is 0 Å². The van der Waals surface area contributed by atoms with Crippen LogP contribution >= 0.6 is 0 Å². The highest BCUT2D eigenvalue weighted by Crippen LogP contribution is 2.35. The number of carbonyl (C=O) groups is 1. The minimum atomic E-state index is -0.722. The fourth-order valence-corrected chi connectivity index (χ4v) is 3.66. The monoisotopic (exact) mass is 516 g/mol. The molecule has 0 unspecified atom stereocenters. The summed E-state index contributed by atoms with van der Waals surface area (Å²) in [7, 11) is 0. The van der Waals surface area contributed by atoms with Gasteiger partial charge >= 0.3 is 11.6 Å². The fourth-order valence-electron chi connectivity index (χ4n) is 3.66. The topological polar surface area (TPSA) is 75.0 Å². The van der Waals surface area contributed by atoms with Crippen LogP contribution in [0.1, 0.15) is 63.7 Å². The summed E-state index contributed by atoms with van der Waals surface area (Å²) in [5.41, 5.74) is 2.42. The van der Waals surface area contributed by atoms with Gasteiger partial charge in [0.05, 0.1) is 17.6 Å². The highest BCUT2D eigenvalue weighted by molar-refractivity contribution is 5.95. The molecule has 6 heteroatoms. The largest absolute Gasteiger partial charge is 0.489 e. The smallest absolute Gasteiger partial charge is 0.383 e. The molecule has 3 aromatic rings. The molecule has 200 valence electrons. The second-order valence-corrected chi connectivity index (χ2v) is 9.16. The molecule has 0 amide bonds. The van der Waals surface area contributed by atoms with Gasteiger partial charge in [-0.05, 0) is 76.8 Å². The zero-order chi connectivity index (χ0) is 27.3. The lowest BCUT2D eigenvalue weighted by molar-refractivity contribution is 0.0729. The summed E-state index contributed by atoms with van der Waals surface area (Å²) in [6.07, 6.45) is 11.7. The normalized spacial score (nSPS) is 11.5. The van der Waals surface area contributed by atoms with Crippen molar-refractivity contribution in [3.05, 3.63) is 100.0 Å². The van der Waals surface area contributed by atoms with Gasteiger partial charge in [0.25, 0.3) is 0 Å². The number of esters is 1. The van der Waals surface area contributed by atoms with Gasteiger partial charge in [0.1, 0.15) is 17.9 Å². The number of carbonyl (C=O) groups excluding carboxylic acids is 1. The minimum absolute atomic E-state index is 0.0335.